The molecule has 8 aromatic carbocycles. The van der Waals surface area contributed by atoms with Gasteiger partial charge in [-0.1, -0.05) is 123 Å². The third kappa shape index (κ3) is 9.70. The molecule has 0 spiro atoms. The molecule has 0 fully saturated rings. The molecule has 8 N–H and O–H groups in total. The van der Waals surface area contributed by atoms with E-state index in [0.29, 0.717) is 59.1 Å². The number of hydrogen-bond donors (Lipinski definition) is 8. The minimum atomic E-state index is -0.892. The Labute approximate surface area is 414 Å². The van der Waals surface area contributed by atoms with Crippen molar-refractivity contribution in [1.29, 1.82) is 0 Å². The minimum absolute atomic E-state index is 0.0585. The molecule has 0 bridgehead atoms. The lowest BCUT2D eigenvalue weighted by atomic mass is 9.63. The molecular formula is C63H56O8. The molecule has 1 aliphatic rings. The fourth-order valence-electron chi connectivity index (χ4n) is 10.1. The van der Waals surface area contributed by atoms with Crippen LogP contribution in [0, 0.1) is 5.92 Å². The number of aromatic hydroxyl groups is 7. The molecule has 356 valence electrons. The summed E-state index contributed by atoms with van der Waals surface area (Å²) in [6.45, 7) is 8.77. The number of hydrogen-bond acceptors (Lipinski definition) is 8. The fraction of sp³-hybridized carbons (Fsp3) is 0.143. The van der Waals surface area contributed by atoms with Crippen molar-refractivity contribution >= 4 is 5.57 Å². The first-order valence-corrected chi connectivity index (χ1v) is 23.6. The SMILES string of the molecule is C=C(c1ccc(O)cc1)c1cc(C(C)(c2ccc(O)cc2)c2ccc(C(C)(c3cc(Cc4ccc(O)cc4)c(O)c(Cc4ccc(O)cc4)c3)C3C=CC(O)=CC3)cc2)cc(Cc2ccc(O)cc2)c1O. The van der Waals surface area contributed by atoms with Crippen LogP contribution in [-0.2, 0) is 30.1 Å². The molecule has 8 heteroatoms. The lowest BCUT2D eigenvalue weighted by molar-refractivity contribution is 0.382. The molecular weight excluding hydrogens is 885 g/mol. The summed E-state index contributed by atoms with van der Waals surface area (Å²) in [6, 6.07) is 51.3. The smallest absolute Gasteiger partial charge is 0.126 e. The summed E-state index contributed by atoms with van der Waals surface area (Å²) in [4.78, 5) is 0. The van der Waals surface area contributed by atoms with E-state index in [9.17, 15) is 40.9 Å². The van der Waals surface area contributed by atoms with E-state index in [0.717, 1.165) is 44.5 Å². The van der Waals surface area contributed by atoms with Crippen LogP contribution in [0.3, 0.4) is 0 Å². The zero-order chi connectivity index (χ0) is 50.0. The number of aliphatic hydroxyl groups is 1. The Morgan fingerprint density at radius 1 is 0.451 bits per heavy atom. The first kappa shape index (κ1) is 47.4. The molecule has 0 amide bonds. The van der Waals surface area contributed by atoms with E-state index in [-0.39, 0.29) is 51.9 Å². The van der Waals surface area contributed by atoms with Gasteiger partial charge in [0.25, 0.3) is 0 Å². The van der Waals surface area contributed by atoms with Gasteiger partial charge in [0.05, 0.1) is 0 Å². The molecule has 8 nitrogen and oxygen atoms in total. The van der Waals surface area contributed by atoms with Crippen molar-refractivity contribution < 1.29 is 40.9 Å². The van der Waals surface area contributed by atoms with Crippen LogP contribution in [0.4, 0.5) is 0 Å². The van der Waals surface area contributed by atoms with Gasteiger partial charge in [0.15, 0.2) is 0 Å². The Hall–Kier alpha value is -8.62. The molecule has 0 saturated carbocycles. The van der Waals surface area contributed by atoms with E-state index in [4.69, 9.17) is 0 Å². The first-order chi connectivity index (χ1) is 34.1. The lowest BCUT2D eigenvalue weighted by Gasteiger charge is -2.40. The van der Waals surface area contributed by atoms with Crippen LogP contribution >= 0.6 is 0 Å². The maximum Gasteiger partial charge on any atom is 0.126 e. The molecule has 0 saturated heterocycles. The first-order valence-electron chi connectivity index (χ1n) is 23.6. The van der Waals surface area contributed by atoms with E-state index in [2.05, 4.69) is 56.8 Å². The van der Waals surface area contributed by atoms with Gasteiger partial charge < -0.3 is 40.9 Å². The van der Waals surface area contributed by atoms with Crippen LogP contribution in [0.2, 0.25) is 0 Å². The van der Waals surface area contributed by atoms with Crippen molar-refractivity contribution in [1.82, 2.24) is 0 Å². The van der Waals surface area contributed by atoms with Crippen LogP contribution in [0.1, 0.15) is 92.6 Å². The van der Waals surface area contributed by atoms with Crippen molar-refractivity contribution in [2.75, 3.05) is 0 Å². The average Bonchev–Trinajstić information content (AvgIpc) is 3.37. The second kappa shape index (κ2) is 19.4. The summed E-state index contributed by atoms with van der Waals surface area (Å²) in [6.07, 6.45) is 7.29. The molecule has 0 aromatic heterocycles. The van der Waals surface area contributed by atoms with Crippen molar-refractivity contribution in [3.8, 4) is 40.2 Å². The van der Waals surface area contributed by atoms with Crippen LogP contribution < -0.4 is 0 Å². The van der Waals surface area contributed by atoms with Crippen molar-refractivity contribution in [2.45, 2.75) is 50.4 Å². The topological polar surface area (TPSA) is 162 Å². The van der Waals surface area contributed by atoms with Crippen molar-refractivity contribution in [2.24, 2.45) is 5.92 Å². The van der Waals surface area contributed by atoms with Gasteiger partial charge in [0, 0.05) is 35.7 Å². The summed E-state index contributed by atoms with van der Waals surface area (Å²) < 4.78 is 0. The molecule has 8 aromatic rings. The summed E-state index contributed by atoms with van der Waals surface area (Å²) in [7, 11) is 0. The van der Waals surface area contributed by atoms with Gasteiger partial charge in [-0.3, -0.25) is 0 Å². The lowest BCUT2D eigenvalue weighted by Crippen LogP contribution is -2.34. The highest BCUT2D eigenvalue weighted by atomic mass is 16.3. The highest BCUT2D eigenvalue weighted by molar-refractivity contribution is 5.83. The molecule has 9 rings (SSSR count). The van der Waals surface area contributed by atoms with Gasteiger partial charge in [-0.15, -0.1) is 0 Å². The number of phenols is 7. The van der Waals surface area contributed by atoms with Gasteiger partial charge in [-0.25, -0.2) is 0 Å². The normalized spacial score (nSPS) is 15.1. The van der Waals surface area contributed by atoms with Crippen molar-refractivity contribution in [3.05, 3.63) is 273 Å². The number of phenolic OH excluding ortho intramolecular Hbond substituents is 7. The molecule has 0 radical (unpaired) electrons. The molecule has 1 aliphatic carbocycles. The van der Waals surface area contributed by atoms with E-state index >= 15 is 0 Å². The largest absolute Gasteiger partial charge is 0.508 e. The maximum atomic E-state index is 12.1. The Kier molecular flexibility index (Phi) is 13.0. The molecule has 3 atom stereocenters. The number of rotatable bonds is 14. The third-order valence-electron chi connectivity index (χ3n) is 14.5. The van der Waals surface area contributed by atoms with Gasteiger partial charge in [-0.2, -0.15) is 0 Å². The molecule has 0 heterocycles. The quantitative estimate of drug-likeness (QED) is 0.0500. The maximum absolute atomic E-state index is 12.1. The standard InChI is InChI=1S/C63H56O8/c1-39(43-10-26-56(67)27-11-43)59-38-52(37-46(61(59)71)34-42-8-24-55(66)25-9-42)63(3,50-18-30-58(69)31-19-50)48-14-12-47(13-15-48)62(2,49-16-28-57(68)29-17-49)51-35-44(32-40-4-20-53(64)21-5-40)60(70)45(36-51)33-41-6-22-54(65)23-7-41/h4-16,18-31,35-38,49,64-71H,1,17,32-34H2,2-3H3. The van der Waals surface area contributed by atoms with Gasteiger partial charge in [0.1, 0.15) is 46.0 Å². The van der Waals surface area contributed by atoms with Crippen LogP contribution in [0.15, 0.2) is 200 Å². The van der Waals surface area contributed by atoms with Crippen LogP contribution in [-0.4, -0.2) is 40.9 Å². The van der Waals surface area contributed by atoms with Crippen LogP contribution in [0.5, 0.6) is 40.2 Å². The molecule has 71 heavy (non-hydrogen) atoms. The van der Waals surface area contributed by atoms with E-state index < -0.39 is 10.8 Å². The Morgan fingerprint density at radius 3 is 1.27 bits per heavy atom. The predicted molar refractivity (Wildman–Crippen MR) is 280 cm³/mol. The Bertz CT molecular complexity index is 3210. The highest BCUT2D eigenvalue weighted by Crippen LogP contribution is 2.48. The second-order valence-electron chi connectivity index (χ2n) is 19.0. The average molecular weight is 941 g/mol. The number of aliphatic hydroxyl groups excluding tert-OH is 1. The summed E-state index contributed by atoms with van der Waals surface area (Å²) >= 11 is 0. The zero-order valence-electron chi connectivity index (χ0n) is 39.6. The summed E-state index contributed by atoms with van der Waals surface area (Å²) in [5.74, 6) is 0.950. The molecule has 0 aliphatic heterocycles. The fourth-order valence-corrected chi connectivity index (χ4v) is 10.1. The number of allylic oxidation sites excluding steroid dienone is 3. The minimum Gasteiger partial charge on any atom is -0.508 e. The van der Waals surface area contributed by atoms with Gasteiger partial charge >= 0.3 is 0 Å². The van der Waals surface area contributed by atoms with Gasteiger partial charge in [-0.05, 0) is 170 Å². The zero-order valence-corrected chi connectivity index (χ0v) is 39.6. The predicted octanol–water partition coefficient (Wildman–Crippen LogP) is 13.1. The highest BCUT2D eigenvalue weighted by Gasteiger charge is 2.39. The summed E-state index contributed by atoms with van der Waals surface area (Å²) in [5.41, 5.74) is 9.47. The second-order valence-corrected chi connectivity index (χ2v) is 19.0. The van der Waals surface area contributed by atoms with Crippen molar-refractivity contribution in [3.63, 3.8) is 0 Å². The monoisotopic (exact) mass is 940 g/mol. The Morgan fingerprint density at radius 2 is 0.831 bits per heavy atom. The Balaban J connectivity index is 1.22. The summed E-state index contributed by atoms with van der Waals surface area (Å²) in [5, 5.41) is 85.7. The van der Waals surface area contributed by atoms with Crippen LogP contribution in [0.25, 0.3) is 5.57 Å². The third-order valence-corrected chi connectivity index (χ3v) is 14.5. The van der Waals surface area contributed by atoms with E-state index in [1.165, 1.54) is 0 Å². The van der Waals surface area contributed by atoms with E-state index in [1.54, 1.807) is 78.9 Å². The molecule has 3 unspecified atom stereocenters. The van der Waals surface area contributed by atoms with Gasteiger partial charge in [0.2, 0.25) is 0 Å². The van der Waals surface area contributed by atoms with E-state index in [1.807, 2.05) is 72.8 Å². The number of benzene rings is 8.